The number of piperidine rings is 1. The fraction of sp³-hybridized carbons (Fsp3) is 0.417. The number of likely N-dealkylation sites (tertiary alicyclic amines) is 1. The number of carbonyl (C=O) groups is 4. The standard InChI is InChI=1S/C24H29N5O6/c1-15-4-9-19(35-15)21(31)25-17-10-12-28(13-11-17)14-20(30)27-29-22(32)24(2,26-23(29)33)16-5-7-18(34-3)8-6-16/h4-9,17H,10-14H2,1-3H3,(H,25,31)(H,26,33)(H,27,30). The van der Waals surface area contributed by atoms with E-state index in [1.807, 2.05) is 4.90 Å². The van der Waals surface area contributed by atoms with E-state index in [0.29, 0.717) is 43.0 Å². The van der Waals surface area contributed by atoms with Gasteiger partial charge in [-0.1, -0.05) is 12.1 Å². The van der Waals surface area contributed by atoms with Crippen LogP contribution in [0.25, 0.3) is 0 Å². The average molecular weight is 484 g/mol. The summed E-state index contributed by atoms with van der Waals surface area (Å²) in [6.45, 7) is 4.55. The molecule has 0 spiro atoms. The molecule has 11 heteroatoms. The van der Waals surface area contributed by atoms with E-state index in [2.05, 4.69) is 16.1 Å². The van der Waals surface area contributed by atoms with Gasteiger partial charge in [-0.3, -0.25) is 24.7 Å². The van der Waals surface area contributed by atoms with Gasteiger partial charge in [0.05, 0.1) is 13.7 Å². The van der Waals surface area contributed by atoms with E-state index < -0.39 is 23.4 Å². The molecule has 2 aromatic rings. The van der Waals surface area contributed by atoms with Crippen LogP contribution in [0.1, 0.15) is 41.6 Å². The van der Waals surface area contributed by atoms with Crippen molar-refractivity contribution < 1.29 is 28.3 Å². The van der Waals surface area contributed by atoms with Gasteiger partial charge in [-0.2, -0.15) is 5.01 Å². The summed E-state index contributed by atoms with van der Waals surface area (Å²) in [5.41, 5.74) is 1.69. The average Bonchev–Trinajstić information content (AvgIpc) is 3.37. The van der Waals surface area contributed by atoms with Crippen molar-refractivity contribution >= 4 is 23.8 Å². The lowest BCUT2D eigenvalue weighted by molar-refractivity contribution is -0.139. The summed E-state index contributed by atoms with van der Waals surface area (Å²) in [5.74, 6) is 0.271. The number of nitrogens with zero attached hydrogens (tertiary/aromatic N) is 2. The lowest BCUT2D eigenvalue weighted by Crippen LogP contribution is -2.52. The van der Waals surface area contributed by atoms with E-state index >= 15 is 0 Å². The fourth-order valence-electron chi connectivity index (χ4n) is 4.27. The second-order valence-electron chi connectivity index (χ2n) is 8.89. The van der Waals surface area contributed by atoms with E-state index in [-0.39, 0.29) is 24.3 Å². The molecule has 186 valence electrons. The van der Waals surface area contributed by atoms with Crippen molar-refractivity contribution in [2.75, 3.05) is 26.7 Å². The van der Waals surface area contributed by atoms with Crippen LogP contribution in [-0.4, -0.2) is 66.4 Å². The van der Waals surface area contributed by atoms with Crippen molar-refractivity contribution in [3.8, 4) is 5.75 Å². The Hall–Kier alpha value is -3.86. The van der Waals surface area contributed by atoms with Crippen LogP contribution in [0.4, 0.5) is 4.79 Å². The monoisotopic (exact) mass is 483 g/mol. The van der Waals surface area contributed by atoms with Crippen LogP contribution in [0, 0.1) is 6.92 Å². The Kier molecular flexibility index (Phi) is 6.79. The topological polar surface area (TPSA) is 133 Å². The SMILES string of the molecule is COc1ccc(C2(C)NC(=O)N(NC(=O)CN3CCC(NC(=O)c4ccc(C)o4)CC3)C2=O)cc1. The van der Waals surface area contributed by atoms with E-state index in [1.54, 1.807) is 50.2 Å². The Balaban J connectivity index is 1.27. The highest BCUT2D eigenvalue weighted by Gasteiger charge is 2.50. The molecule has 11 nitrogen and oxygen atoms in total. The maximum atomic E-state index is 13.0. The molecule has 3 N–H and O–H groups in total. The van der Waals surface area contributed by atoms with E-state index in [4.69, 9.17) is 9.15 Å². The highest BCUT2D eigenvalue weighted by Crippen LogP contribution is 2.29. The van der Waals surface area contributed by atoms with E-state index in [9.17, 15) is 19.2 Å². The number of aryl methyl sites for hydroxylation is 1. The largest absolute Gasteiger partial charge is 0.497 e. The number of imide groups is 1. The first-order valence-corrected chi connectivity index (χ1v) is 11.4. The molecule has 2 saturated heterocycles. The second-order valence-corrected chi connectivity index (χ2v) is 8.89. The zero-order valence-electron chi connectivity index (χ0n) is 19.9. The molecule has 3 heterocycles. The number of amides is 5. The Morgan fingerprint density at radius 1 is 1.14 bits per heavy atom. The molecule has 1 aromatic carbocycles. The maximum absolute atomic E-state index is 13.0. The van der Waals surface area contributed by atoms with Gasteiger partial charge in [-0.25, -0.2) is 4.79 Å². The normalized spacial score (nSPS) is 21.1. The molecule has 0 radical (unpaired) electrons. The molecule has 0 saturated carbocycles. The van der Waals surface area contributed by atoms with Crippen molar-refractivity contribution in [3.63, 3.8) is 0 Å². The van der Waals surface area contributed by atoms with Gasteiger partial charge in [-0.15, -0.1) is 0 Å². The first-order valence-electron chi connectivity index (χ1n) is 11.4. The van der Waals surface area contributed by atoms with Crippen LogP contribution in [-0.2, 0) is 15.1 Å². The fourth-order valence-corrected chi connectivity index (χ4v) is 4.27. The van der Waals surface area contributed by atoms with Gasteiger partial charge in [-0.05, 0) is 56.5 Å². The second kappa shape index (κ2) is 9.79. The third kappa shape index (κ3) is 5.14. The number of hydrogen-bond acceptors (Lipinski definition) is 7. The summed E-state index contributed by atoms with van der Waals surface area (Å²) < 4.78 is 10.5. The minimum absolute atomic E-state index is 0.0222. The highest BCUT2D eigenvalue weighted by atomic mass is 16.5. The molecule has 0 bridgehead atoms. The highest BCUT2D eigenvalue weighted by molar-refractivity contribution is 6.08. The Morgan fingerprint density at radius 3 is 2.43 bits per heavy atom. The first kappa shape index (κ1) is 24.3. The number of ether oxygens (including phenoxy) is 1. The lowest BCUT2D eigenvalue weighted by atomic mass is 9.92. The minimum Gasteiger partial charge on any atom is -0.497 e. The van der Waals surface area contributed by atoms with Crippen molar-refractivity contribution in [1.82, 2.24) is 26.0 Å². The number of hydrogen-bond donors (Lipinski definition) is 3. The van der Waals surface area contributed by atoms with Crippen LogP contribution in [0.15, 0.2) is 40.8 Å². The zero-order chi connectivity index (χ0) is 25.2. The summed E-state index contributed by atoms with van der Waals surface area (Å²) in [5, 5.41) is 6.33. The molecule has 35 heavy (non-hydrogen) atoms. The van der Waals surface area contributed by atoms with Crippen molar-refractivity contribution in [1.29, 1.82) is 0 Å². The van der Waals surface area contributed by atoms with E-state index in [0.717, 1.165) is 5.01 Å². The molecule has 2 aliphatic rings. The molecule has 1 aromatic heterocycles. The number of furan rings is 1. The summed E-state index contributed by atoms with van der Waals surface area (Å²) in [4.78, 5) is 52.3. The van der Waals surface area contributed by atoms with Crippen molar-refractivity contribution in [3.05, 3.63) is 53.5 Å². The zero-order valence-corrected chi connectivity index (χ0v) is 19.9. The van der Waals surface area contributed by atoms with Crippen LogP contribution in [0.2, 0.25) is 0 Å². The molecule has 1 unspecified atom stereocenters. The van der Waals surface area contributed by atoms with Gasteiger partial charge >= 0.3 is 6.03 Å². The number of hydrazine groups is 1. The van der Waals surface area contributed by atoms with Gasteiger partial charge < -0.3 is 19.8 Å². The number of benzene rings is 1. The number of nitrogens with one attached hydrogen (secondary N) is 3. The molecular formula is C24H29N5O6. The third-order valence-corrected chi connectivity index (χ3v) is 6.35. The summed E-state index contributed by atoms with van der Waals surface area (Å²) in [6, 6.07) is 9.43. The predicted octanol–water partition coefficient (Wildman–Crippen LogP) is 1.29. The van der Waals surface area contributed by atoms with Crippen LogP contribution >= 0.6 is 0 Å². The quantitative estimate of drug-likeness (QED) is 0.506. The molecule has 2 aliphatic heterocycles. The molecular weight excluding hydrogens is 454 g/mol. The van der Waals surface area contributed by atoms with Gasteiger partial charge in [0, 0.05) is 19.1 Å². The number of methoxy groups -OCH3 is 1. The summed E-state index contributed by atoms with van der Waals surface area (Å²) in [7, 11) is 1.54. The predicted molar refractivity (Wildman–Crippen MR) is 124 cm³/mol. The molecule has 2 fully saturated rings. The summed E-state index contributed by atoms with van der Waals surface area (Å²) in [6.07, 6.45) is 1.33. The van der Waals surface area contributed by atoms with Crippen molar-refractivity contribution in [2.45, 2.75) is 38.3 Å². The molecule has 1 atom stereocenters. The van der Waals surface area contributed by atoms with Crippen LogP contribution in [0.5, 0.6) is 5.75 Å². The first-order chi connectivity index (χ1) is 16.7. The van der Waals surface area contributed by atoms with E-state index in [1.165, 1.54) is 7.11 Å². The molecule has 5 amide bonds. The number of carbonyl (C=O) groups excluding carboxylic acids is 4. The lowest BCUT2D eigenvalue weighted by Gasteiger charge is -2.32. The third-order valence-electron chi connectivity index (χ3n) is 6.35. The van der Waals surface area contributed by atoms with Gasteiger partial charge in [0.2, 0.25) is 0 Å². The van der Waals surface area contributed by atoms with Gasteiger partial charge in [0.15, 0.2) is 5.76 Å². The Labute approximate surface area is 202 Å². The minimum atomic E-state index is -1.31. The molecule has 0 aliphatic carbocycles. The maximum Gasteiger partial charge on any atom is 0.344 e. The smallest absolute Gasteiger partial charge is 0.344 e. The van der Waals surface area contributed by atoms with Crippen molar-refractivity contribution in [2.24, 2.45) is 0 Å². The number of urea groups is 1. The summed E-state index contributed by atoms with van der Waals surface area (Å²) >= 11 is 0. The Morgan fingerprint density at radius 2 is 1.83 bits per heavy atom. The van der Waals surface area contributed by atoms with Crippen LogP contribution < -0.4 is 20.8 Å². The Bertz CT molecular complexity index is 1120. The molecule has 4 rings (SSSR count). The van der Waals surface area contributed by atoms with Gasteiger partial charge in [0.1, 0.15) is 17.0 Å². The van der Waals surface area contributed by atoms with Crippen LogP contribution in [0.3, 0.4) is 0 Å². The van der Waals surface area contributed by atoms with Gasteiger partial charge in [0.25, 0.3) is 17.7 Å². The number of rotatable bonds is 7.